The topological polar surface area (TPSA) is 12.5 Å². The van der Waals surface area contributed by atoms with Crippen molar-refractivity contribution >= 4 is 15.9 Å². The van der Waals surface area contributed by atoms with Crippen LogP contribution in [0.5, 0.6) is 0 Å². The minimum Gasteiger partial charge on any atom is -0.273 e. The maximum Gasteiger partial charge on any atom is 0.0771 e. The highest BCUT2D eigenvalue weighted by Crippen LogP contribution is 2.21. The Hall–Kier alpha value is -0.280. The Morgan fingerprint density at radius 1 is 1.62 bits per heavy atom. The molecule has 74 valence electrons. The Labute approximate surface area is 88.3 Å². The van der Waals surface area contributed by atoms with Crippen LogP contribution in [0.4, 0.5) is 0 Å². The van der Waals surface area contributed by atoms with Crippen molar-refractivity contribution in [1.29, 1.82) is 0 Å². The predicted molar refractivity (Wildman–Crippen MR) is 58.3 cm³/mol. The Kier molecular flexibility index (Phi) is 4.00. The summed E-state index contributed by atoms with van der Waals surface area (Å²) in [5.41, 5.74) is 1.27. The fourth-order valence-corrected chi connectivity index (χ4v) is 1.33. The smallest absolute Gasteiger partial charge is 0.0771 e. The van der Waals surface area contributed by atoms with Gasteiger partial charge in [-0.05, 0) is 34.3 Å². The Bertz CT molecular complexity index is 233. The van der Waals surface area contributed by atoms with E-state index >= 15 is 0 Å². The molecule has 0 spiro atoms. The van der Waals surface area contributed by atoms with Gasteiger partial charge in [-0.3, -0.25) is 9.90 Å². The molecule has 1 rings (SSSR count). The first-order valence-electron chi connectivity index (χ1n) is 4.53. The standard InChI is InChI=1S/C10H16BrNO/c1-8(2)7-13-12-5-4-9(3)10(11)6-12/h4,6,8H,5,7H2,1-3H3. The monoisotopic (exact) mass is 245 g/mol. The highest BCUT2D eigenvalue weighted by Gasteiger charge is 2.08. The first-order chi connectivity index (χ1) is 6.09. The normalized spacial score (nSPS) is 17.5. The molecule has 1 heterocycles. The van der Waals surface area contributed by atoms with Gasteiger partial charge in [0.25, 0.3) is 0 Å². The highest BCUT2D eigenvalue weighted by molar-refractivity contribution is 9.12. The van der Waals surface area contributed by atoms with E-state index in [9.17, 15) is 0 Å². The second-order valence-corrected chi connectivity index (χ2v) is 4.51. The summed E-state index contributed by atoms with van der Waals surface area (Å²) in [6.07, 6.45) is 4.13. The molecule has 2 nitrogen and oxygen atoms in total. The molecule has 0 unspecified atom stereocenters. The molecule has 0 aliphatic carbocycles. The predicted octanol–water partition coefficient (Wildman–Crippen LogP) is 3.07. The van der Waals surface area contributed by atoms with Gasteiger partial charge in [-0.1, -0.05) is 19.9 Å². The van der Waals surface area contributed by atoms with E-state index < -0.39 is 0 Å². The molecule has 0 aromatic rings. The largest absolute Gasteiger partial charge is 0.273 e. The quantitative estimate of drug-likeness (QED) is 0.758. The molecule has 0 saturated heterocycles. The van der Waals surface area contributed by atoms with Crippen LogP contribution in [-0.4, -0.2) is 18.2 Å². The fourth-order valence-electron chi connectivity index (χ4n) is 0.940. The van der Waals surface area contributed by atoms with Crippen molar-refractivity contribution in [2.75, 3.05) is 13.2 Å². The van der Waals surface area contributed by atoms with Gasteiger partial charge in [0.2, 0.25) is 0 Å². The van der Waals surface area contributed by atoms with Crippen molar-refractivity contribution in [3.8, 4) is 0 Å². The second kappa shape index (κ2) is 4.82. The van der Waals surface area contributed by atoms with Crippen molar-refractivity contribution < 1.29 is 4.84 Å². The van der Waals surface area contributed by atoms with Crippen molar-refractivity contribution in [3.05, 3.63) is 22.3 Å². The average molecular weight is 246 g/mol. The molecule has 0 bridgehead atoms. The summed E-state index contributed by atoms with van der Waals surface area (Å²) in [6.45, 7) is 7.98. The highest BCUT2D eigenvalue weighted by atomic mass is 79.9. The summed E-state index contributed by atoms with van der Waals surface area (Å²) >= 11 is 3.47. The SMILES string of the molecule is CC1=CCN(OCC(C)C)C=C1Br. The van der Waals surface area contributed by atoms with Crippen LogP contribution < -0.4 is 0 Å². The molecule has 0 aromatic heterocycles. The lowest BCUT2D eigenvalue weighted by atomic mass is 10.2. The van der Waals surface area contributed by atoms with E-state index in [1.165, 1.54) is 5.57 Å². The van der Waals surface area contributed by atoms with Gasteiger partial charge in [-0.2, -0.15) is 0 Å². The fraction of sp³-hybridized carbons (Fsp3) is 0.600. The minimum absolute atomic E-state index is 0.569. The van der Waals surface area contributed by atoms with E-state index in [0.29, 0.717) is 5.92 Å². The molecule has 0 atom stereocenters. The van der Waals surface area contributed by atoms with Crippen LogP contribution in [-0.2, 0) is 4.84 Å². The van der Waals surface area contributed by atoms with Crippen molar-refractivity contribution in [2.45, 2.75) is 20.8 Å². The molecule has 1 aliphatic rings. The zero-order valence-electron chi connectivity index (χ0n) is 8.38. The van der Waals surface area contributed by atoms with Gasteiger partial charge in [0, 0.05) is 10.7 Å². The Morgan fingerprint density at radius 2 is 2.31 bits per heavy atom. The Balaban J connectivity index is 2.40. The molecule has 0 N–H and O–H groups in total. The van der Waals surface area contributed by atoms with Gasteiger partial charge < -0.3 is 0 Å². The molecule has 0 saturated carbocycles. The zero-order valence-corrected chi connectivity index (χ0v) is 9.97. The summed E-state index contributed by atoms with van der Waals surface area (Å²) < 4.78 is 1.10. The number of allylic oxidation sites excluding steroid dienone is 2. The summed E-state index contributed by atoms with van der Waals surface area (Å²) in [5.74, 6) is 0.569. The third-order valence-electron chi connectivity index (χ3n) is 1.79. The van der Waals surface area contributed by atoms with Gasteiger partial charge in [0.1, 0.15) is 0 Å². The van der Waals surface area contributed by atoms with Crippen LogP contribution in [0, 0.1) is 5.92 Å². The first-order valence-corrected chi connectivity index (χ1v) is 5.33. The lowest BCUT2D eigenvalue weighted by molar-refractivity contribution is -0.123. The number of hydrogen-bond acceptors (Lipinski definition) is 2. The van der Waals surface area contributed by atoms with E-state index in [2.05, 4.69) is 42.8 Å². The average Bonchev–Trinajstić information content (AvgIpc) is 2.07. The summed E-state index contributed by atoms with van der Waals surface area (Å²) in [6, 6.07) is 0. The van der Waals surface area contributed by atoms with Gasteiger partial charge in [0.05, 0.1) is 13.2 Å². The molecule has 1 aliphatic heterocycles. The molecule has 0 amide bonds. The first kappa shape index (κ1) is 10.8. The number of hydrogen-bond donors (Lipinski definition) is 0. The lowest BCUT2D eigenvalue weighted by Gasteiger charge is -2.23. The molecule has 0 fully saturated rings. The van der Waals surface area contributed by atoms with Crippen LogP contribution in [0.2, 0.25) is 0 Å². The maximum atomic E-state index is 5.55. The van der Waals surface area contributed by atoms with Gasteiger partial charge in [0.15, 0.2) is 0 Å². The maximum absolute atomic E-state index is 5.55. The number of halogens is 1. The summed E-state index contributed by atoms with van der Waals surface area (Å²) in [5, 5.41) is 1.86. The van der Waals surface area contributed by atoms with Crippen LogP contribution in [0.15, 0.2) is 22.3 Å². The van der Waals surface area contributed by atoms with E-state index in [-0.39, 0.29) is 0 Å². The Morgan fingerprint density at radius 3 is 2.85 bits per heavy atom. The molecular weight excluding hydrogens is 230 g/mol. The van der Waals surface area contributed by atoms with Gasteiger partial charge in [-0.15, -0.1) is 0 Å². The molecule has 0 aromatic carbocycles. The zero-order chi connectivity index (χ0) is 9.84. The van der Waals surface area contributed by atoms with Gasteiger partial charge in [-0.25, -0.2) is 0 Å². The number of hydroxylamine groups is 2. The van der Waals surface area contributed by atoms with Crippen molar-refractivity contribution in [2.24, 2.45) is 5.92 Å². The van der Waals surface area contributed by atoms with Crippen molar-refractivity contribution in [1.82, 2.24) is 5.06 Å². The van der Waals surface area contributed by atoms with Crippen LogP contribution in [0.1, 0.15) is 20.8 Å². The van der Waals surface area contributed by atoms with E-state index in [4.69, 9.17) is 4.84 Å². The molecule has 3 heteroatoms. The van der Waals surface area contributed by atoms with Crippen molar-refractivity contribution in [3.63, 3.8) is 0 Å². The summed E-state index contributed by atoms with van der Waals surface area (Å²) in [7, 11) is 0. The lowest BCUT2D eigenvalue weighted by Crippen LogP contribution is -2.23. The third kappa shape index (κ3) is 3.53. The second-order valence-electron chi connectivity index (χ2n) is 3.65. The molecule has 0 radical (unpaired) electrons. The number of nitrogens with zero attached hydrogens (tertiary/aromatic N) is 1. The van der Waals surface area contributed by atoms with Crippen LogP contribution in [0.25, 0.3) is 0 Å². The van der Waals surface area contributed by atoms with E-state index in [1.807, 2.05) is 11.3 Å². The third-order valence-corrected chi connectivity index (χ3v) is 2.62. The molecular formula is C10H16BrNO. The van der Waals surface area contributed by atoms with Gasteiger partial charge >= 0.3 is 0 Å². The summed E-state index contributed by atoms with van der Waals surface area (Å²) in [4.78, 5) is 5.55. The van der Waals surface area contributed by atoms with Crippen LogP contribution in [0.3, 0.4) is 0 Å². The van der Waals surface area contributed by atoms with Crippen LogP contribution >= 0.6 is 15.9 Å². The minimum atomic E-state index is 0.569. The van der Waals surface area contributed by atoms with E-state index in [1.54, 1.807) is 0 Å². The molecule has 13 heavy (non-hydrogen) atoms. The van der Waals surface area contributed by atoms with E-state index in [0.717, 1.165) is 17.6 Å². The number of rotatable bonds is 3.